The Bertz CT molecular complexity index is 372. The first-order valence-corrected chi connectivity index (χ1v) is 8.77. The van der Waals surface area contributed by atoms with E-state index in [1.165, 1.54) is 17.3 Å². The SMILES string of the molecule is CC(C)[C@H]1CC[C@](C)(O)[C@@H]([Se]c2ccccc2)C1. The molecular weight excluding hydrogens is 287 g/mol. The summed E-state index contributed by atoms with van der Waals surface area (Å²) in [5.74, 6) is 1.54. The summed E-state index contributed by atoms with van der Waals surface area (Å²) in [6.07, 6.45) is 3.35. The second kappa shape index (κ2) is 5.77. The van der Waals surface area contributed by atoms with E-state index in [0.29, 0.717) is 19.8 Å². The van der Waals surface area contributed by atoms with E-state index < -0.39 is 5.60 Å². The van der Waals surface area contributed by atoms with Crippen LogP contribution in [0.5, 0.6) is 0 Å². The molecule has 1 aliphatic carbocycles. The van der Waals surface area contributed by atoms with Gasteiger partial charge in [-0.25, -0.2) is 0 Å². The zero-order valence-corrected chi connectivity index (χ0v) is 13.3. The first-order valence-electron chi connectivity index (χ1n) is 6.93. The Balaban J connectivity index is 2.08. The Morgan fingerprint density at radius 3 is 2.56 bits per heavy atom. The molecule has 100 valence electrons. The Labute approximate surface area is 117 Å². The molecule has 1 aliphatic rings. The summed E-state index contributed by atoms with van der Waals surface area (Å²) in [4.78, 5) is 0.466. The minimum atomic E-state index is -0.457. The van der Waals surface area contributed by atoms with E-state index in [2.05, 4.69) is 44.2 Å². The van der Waals surface area contributed by atoms with Crippen LogP contribution in [0, 0.1) is 11.8 Å². The van der Waals surface area contributed by atoms with Gasteiger partial charge in [0.15, 0.2) is 0 Å². The Morgan fingerprint density at radius 2 is 1.94 bits per heavy atom. The fourth-order valence-electron chi connectivity index (χ4n) is 2.73. The molecule has 1 N–H and O–H groups in total. The summed E-state index contributed by atoms with van der Waals surface area (Å²) in [5, 5.41) is 10.6. The van der Waals surface area contributed by atoms with Gasteiger partial charge in [-0.15, -0.1) is 0 Å². The molecule has 1 saturated carbocycles. The molecule has 2 heteroatoms. The minimum absolute atomic E-state index is 0.387. The topological polar surface area (TPSA) is 20.2 Å². The van der Waals surface area contributed by atoms with Crippen molar-refractivity contribution in [1.29, 1.82) is 0 Å². The van der Waals surface area contributed by atoms with Crippen molar-refractivity contribution in [2.24, 2.45) is 11.8 Å². The van der Waals surface area contributed by atoms with Gasteiger partial charge in [0.1, 0.15) is 0 Å². The van der Waals surface area contributed by atoms with Crippen molar-refractivity contribution in [2.45, 2.75) is 50.5 Å². The third-order valence-corrected chi connectivity index (χ3v) is 7.40. The molecular formula is C16H24OSe. The average Bonchev–Trinajstić information content (AvgIpc) is 2.33. The van der Waals surface area contributed by atoms with E-state index in [0.717, 1.165) is 18.3 Å². The van der Waals surface area contributed by atoms with Crippen LogP contribution in [-0.4, -0.2) is 25.7 Å². The van der Waals surface area contributed by atoms with E-state index in [-0.39, 0.29) is 0 Å². The van der Waals surface area contributed by atoms with Crippen LogP contribution in [0.1, 0.15) is 40.0 Å². The monoisotopic (exact) mass is 312 g/mol. The Morgan fingerprint density at radius 1 is 1.28 bits per heavy atom. The summed E-state index contributed by atoms with van der Waals surface area (Å²) in [5.41, 5.74) is -0.457. The molecule has 0 aliphatic heterocycles. The number of hydrogen-bond acceptors (Lipinski definition) is 1. The average molecular weight is 311 g/mol. The van der Waals surface area contributed by atoms with E-state index in [4.69, 9.17) is 0 Å². The van der Waals surface area contributed by atoms with Crippen molar-refractivity contribution in [2.75, 3.05) is 0 Å². The molecule has 0 radical (unpaired) electrons. The predicted molar refractivity (Wildman–Crippen MR) is 78.4 cm³/mol. The Hall–Kier alpha value is -0.301. The number of benzene rings is 1. The second-order valence-corrected chi connectivity index (χ2v) is 8.73. The van der Waals surface area contributed by atoms with Crippen molar-refractivity contribution < 1.29 is 5.11 Å². The Kier molecular flexibility index (Phi) is 4.53. The predicted octanol–water partition coefficient (Wildman–Crippen LogP) is 3.01. The van der Waals surface area contributed by atoms with Crippen LogP contribution >= 0.6 is 0 Å². The van der Waals surface area contributed by atoms with Gasteiger partial charge in [0, 0.05) is 0 Å². The van der Waals surface area contributed by atoms with Gasteiger partial charge in [-0.1, -0.05) is 0 Å². The molecule has 18 heavy (non-hydrogen) atoms. The third-order valence-electron chi connectivity index (χ3n) is 4.20. The first-order chi connectivity index (χ1) is 8.49. The van der Waals surface area contributed by atoms with E-state index in [1.807, 2.05) is 6.92 Å². The van der Waals surface area contributed by atoms with Gasteiger partial charge in [0.2, 0.25) is 0 Å². The van der Waals surface area contributed by atoms with Gasteiger partial charge >= 0.3 is 117 Å². The van der Waals surface area contributed by atoms with Crippen LogP contribution in [0.2, 0.25) is 4.82 Å². The van der Waals surface area contributed by atoms with E-state index >= 15 is 0 Å². The molecule has 0 aromatic heterocycles. The zero-order chi connectivity index (χ0) is 13.2. The van der Waals surface area contributed by atoms with E-state index in [9.17, 15) is 5.11 Å². The molecule has 0 saturated heterocycles. The van der Waals surface area contributed by atoms with Gasteiger partial charge in [-0.2, -0.15) is 0 Å². The summed E-state index contributed by atoms with van der Waals surface area (Å²) in [6.45, 7) is 6.67. The van der Waals surface area contributed by atoms with Gasteiger partial charge in [0.05, 0.1) is 0 Å². The standard InChI is InChI=1S/C16H24OSe/c1-12(2)13-9-10-16(3,17)15(11-13)18-14-7-5-4-6-8-14/h4-8,12-13,15,17H,9-11H2,1-3H3/t13-,15-,16-/m0/s1. The van der Waals surface area contributed by atoms with Crippen molar-refractivity contribution in [3.8, 4) is 0 Å². The fourth-order valence-corrected chi connectivity index (χ4v) is 5.58. The molecule has 0 unspecified atom stereocenters. The maximum absolute atomic E-state index is 10.6. The second-order valence-electron chi connectivity index (χ2n) is 6.06. The molecule has 1 nitrogen and oxygen atoms in total. The van der Waals surface area contributed by atoms with Crippen LogP contribution in [0.15, 0.2) is 30.3 Å². The van der Waals surface area contributed by atoms with Crippen LogP contribution in [-0.2, 0) is 0 Å². The first kappa shape index (κ1) is 14.1. The molecule has 0 spiro atoms. The summed E-state index contributed by atoms with van der Waals surface area (Å²) in [6, 6.07) is 10.7. The van der Waals surface area contributed by atoms with Crippen molar-refractivity contribution in [1.82, 2.24) is 0 Å². The van der Waals surface area contributed by atoms with Crippen molar-refractivity contribution >= 4 is 19.4 Å². The van der Waals surface area contributed by atoms with Gasteiger partial charge in [-0.3, -0.25) is 0 Å². The quantitative estimate of drug-likeness (QED) is 0.851. The molecule has 3 atom stereocenters. The molecule has 0 bridgehead atoms. The molecule has 2 rings (SSSR count). The van der Waals surface area contributed by atoms with Gasteiger partial charge in [-0.05, 0) is 0 Å². The molecule has 1 aromatic carbocycles. The number of aliphatic hydroxyl groups is 1. The maximum atomic E-state index is 10.6. The normalized spacial score (nSPS) is 32.7. The van der Waals surface area contributed by atoms with Crippen LogP contribution < -0.4 is 4.46 Å². The zero-order valence-electron chi connectivity index (χ0n) is 11.6. The molecule has 0 amide bonds. The fraction of sp³-hybridized carbons (Fsp3) is 0.625. The molecule has 0 heterocycles. The van der Waals surface area contributed by atoms with Crippen LogP contribution in [0.25, 0.3) is 0 Å². The summed E-state index contributed by atoms with van der Waals surface area (Å²) >= 11 is 0.387. The molecule has 1 aromatic rings. The van der Waals surface area contributed by atoms with Crippen LogP contribution in [0.3, 0.4) is 0 Å². The third kappa shape index (κ3) is 3.38. The summed E-state index contributed by atoms with van der Waals surface area (Å²) < 4.78 is 1.42. The number of rotatable bonds is 3. The van der Waals surface area contributed by atoms with Crippen molar-refractivity contribution in [3.63, 3.8) is 0 Å². The van der Waals surface area contributed by atoms with E-state index in [1.54, 1.807) is 0 Å². The summed E-state index contributed by atoms with van der Waals surface area (Å²) in [7, 11) is 0. The molecule has 1 fully saturated rings. The van der Waals surface area contributed by atoms with Crippen molar-refractivity contribution in [3.05, 3.63) is 30.3 Å². The number of hydrogen-bond donors (Lipinski definition) is 1. The van der Waals surface area contributed by atoms with Gasteiger partial charge in [0.25, 0.3) is 0 Å². The van der Waals surface area contributed by atoms with Gasteiger partial charge < -0.3 is 0 Å². The van der Waals surface area contributed by atoms with Crippen LogP contribution in [0.4, 0.5) is 0 Å².